The van der Waals surface area contributed by atoms with Crippen molar-refractivity contribution < 1.29 is 19.5 Å². The lowest BCUT2D eigenvalue weighted by molar-refractivity contribution is -0.145. The van der Waals surface area contributed by atoms with Crippen LogP contribution in [0.25, 0.3) is 0 Å². The average molecular weight is 291 g/mol. The molecule has 2 aliphatic carbocycles. The molecule has 2 amide bonds. The highest BCUT2D eigenvalue weighted by Gasteiger charge is 2.47. The summed E-state index contributed by atoms with van der Waals surface area (Å²) in [6.07, 6.45) is 8.25. The molecule has 1 N–H and O–H groups in total. The lowest BCUT2D eigenvalue weighted by Crippen LogP contribution is -2.37. The van der Waals surface area contributed by atoms with Crippen molar-refractivity contribution >= 4 is 17.8 Å². The van der Waals surface area contributed by atoms with Crippen molar-refractivity contribution in [3.8, 4) is 0 Å². The number of likely N-dealkylation sites (tertiary alicyclic amines) is 1. The zero-order chi connectivity index (χ0) is 15.0. The first-order chi connectivity index (χ1) is 10.1. The lowest BCUT2D eigenvalue weighted by Gasteiger charge is -2.29. The number of allylic oxidation sites excluding steroid dienone is 2. The van der Waals surface area contributed by atoms with E-state index in [2.05, 4.69) is 0 Å². The third-order valence-electron chi connectivity index (χ3n) is 5.24. The molecule has 3 aliphatic rings. The van der Waals surface area contributed by atoms with Gasteiger partial charge in [-0.25, -0.2) is 0 Å². The molecule has 5 nitrogen and oxygen atoms in total. The van der Waals surface area contributed by atoms with Gasteiger partial charge in [0.25, 0.3) is 0 Å². The summed E-state index contributed by atoms with van der Waals surface area (Å²) >= 11 is 0. The molecule has 0 aromatic rings. The van der Waals surface area contributed by atoms with Crippen molar-refractivity contribution in [1.29, 1.82) is 0 Å². The fourth-order valence-electron chi connectivity index (χ4n) is 3.90. The first-order valence-electron chi connectivity index (χ1n) is 7.81. The predicted octanol–water partition coefficient (Wildman–Crippen LogP) is 1.83. The van der Waals surface area contributed by atoms with Gasteiger partial charge in [-0.2, -0.15) is 0 Å². The largest absolute Gasteiger partial charge is 0.481 e. The number of rotatable bonds is 3. The van der Waals surface area contributed by atoms with Crippen LogP contribution in [0.1, 0.15) is 38.5 Å². The van der Waals surface area contributed by atoms with Gasteiger partial charge in [0.1, 0.15) is 0 Å². The van der Waals surface area contributed by atoms with Gasteiger partial charge in [0.05, 0.1) is 17.8 Å². The van der Waals surface area contributed by atoms with Crippen molar-refractivity contribution in [2.45, 2.75) is 38.5 Å². The first-order valence-corrected chi connectivity index (χ1v) is 7.81. The van der Waals surface area contributed by atoms with Gasteiger partial charge in [-0.05, 0) is 44.4 Å². The molecule has 2 atom stereocenters. The van der Waals surface area contributed by atoms with Gasteiger partial charge >= 0.3 is 5.97 Å². The molecule has 0 spiro atoms. The maximum atomic E-state index is 12.4. The maximum absolute atomic E-state index is 12.4. The Morgan fingerprint density at radius 2 is 1.57 bits per heavy atom. The quantitative estimate of drug-likeness (QED) is 0.636. The number of imide groups is 1. The van der Waals surface area contributed by atoms with Gasteiger partial charge in [-0.1, -0.05) is 12.2 Å². The molecule has 0 radical (unpaired) electrons. The van der Waals surface area contributed by atoms with E-state index in [1.165, 1.54) is 4.90 Å². The summed E-state index contributed by atoms with van der Waals surface area (Å²) < 4.78 is 0. The second kappa shape index (κ2) is 5.62. The molecule has 3 rings (SSSR count). The van der Waals surface area contributed by atoms with E-state index < -0.39 is 5.97 Å². The van der Waals surface area contributed by atoms with E-state index in [9.17, 15) is 14.4 Å². The van der Waals surface area contributed by atoms with Gasteiger partial charge in [-0.15, -0.1) is 0 Å². The minimum atomic E-state index is -0.723. The highest BCUT2D eigenvalue weighted by atomic mass is 16.4. The Kier molecular flexibility index (Phi) is 3.83. The van der Waals surface area contributed by atoms with Crippen molar-refractivity contribution in [3.63, 3.8) is 0 Å². The van der Waals surface area contributed by atoms with Gasteiger partial charge in [0.15, 0.2) is 0 Å². The van der Waals surface area contributed by atoms with Crippen molar-refractivity contribution in [1.82, 2.24) is 4.90 Å². The minimum Gasteiger partial charge on any atom is -0.481 e. The first kappa shape index (κ1) is 14.3. The number of carboxylic acids is 1. The smallest absolute Gasteiger partial charge is 0.306 e. The summed E-state index contributed by atoms with van der Waals surface area (Å²) in [7, 11) is 0. The number of carbonyl (C=O) groups excluding carboxylic acids is 2. The molecule has 0 bridgehead atoms. The molecule has 5 heteroatoms. The van der Waals surface area contributed by atoms with Crippen LogP contribution in [0.2, 0.25) is 0 Å². The van der Waals surface area contributed by atoms with Crippen LogP contribution in [-0.2, 0) is 14.4 Å². The van der Waals surface area contributed by atoms with E-state index in [0.717, 1.165) is 12.8 Å². The number of nitrogens with zero attached hydrogens (tertiary/aromatic N) is 1. The predicted molar refractivity (Wildman–Crippen MR) is 75.2 cm³/mol. The van der Waals surface area contributed by atoms with Crippen molar-refractivity contribution in [3.05, 3.63) is 12.2 Å². The zero-order valence-electron chi connectivity index (χ0n) is 12.0. The second-order valence-corrected chi connectivity index (χ2v) is 6.50. The summed E-state index contributed by atoms with van der Waals surface area (Å²) in [5.41, 5.74) is 0. The van der Waals surface area contributed by atoms with Crippen LogP contribution < -0.4 is 0 Å². The Balaban J connectivity index is 1.60. The van der Waals surface area contributed by atoms with E-state index in [-0.39, 0.29) is 35.5 Å². The Bertz CT molecular complexity index is 465. The van der Waals surface area contributed by atoms with Crippen LogP contribution in [0.4, 0.5) is 0 Å². The minimum absolute atomic E-state index is 0.0188. The molecular weight excluding hydrogens is 270 g/mol. The van der Waals surface area contributed by atoms with Gasteiger partial charge < -0.3 is 5.11 Å². The fraction of sp³-hybridized carbons (Fsp3) is 0.688. The van der Waals surface area contributed by atoms with Gasteiger partial charge in [0, 0.05) is 6.54 Å². The van der Waals surface area contributed by atoms with Gasteiger partial charge in [0.2, 0.25) is 11.8 Å². The summed E-state index contributed by atoms with van der Waals surface area (Å²) in [6.45, 7) is 0.483. The Morgan fingerprint density at radius 1 is 1.05 bits per heavy atom. The molecule has 1 heterocycles. The Hall–Kier alpha value is -1.65. The zero-order valence-corrected chi connectivity index (χ0v) is 12.0. The number of fused-ring (bicyclic) bond motifs is 1. The number of hydrogen-bond acceptors (Lipinski definition) is 3. The number of aliphatic carboxylic acids is 1. The van der Waals surface area contributed by atoms with E-state index in [4.69, 9.17) is 5.11 Å². The molecular formula is C16H21NO4. The number of carbonyl (C=O) groups is 3. The van der Waals surface area contributed by atoms with E-state index >= 15 is 0 Å². The second-order valence-electron chi connectivity index (χ2n) is 6.50. The van der Waals surface area contributed by atoms with E-state index in [1.54, 1.807) is 0 Å². The third-order valence-corrected chi connectivity index (χ3v) is 5.24. The molecule has 1 aliphatic heterocycles. The highest BCUT2D eigenvalue weighted by molar-refractivity contribution is 6.05. The van der Waals surface area contributed by atoms with Crippen LogP contribution in [0, 0.1) is 23.7 Å². The lowest BCUT2D eigenvalue weighted by atomic mass is 9.82. The molecule has 2 fully saturated rings. The molecule has 1 saturated carbocycles. The van der Waals surface area contributed by atoms with Crippen LogP contribution in [0.5, 0.6) is 0 Å². The standard InChI is InChI=1S/C16H21NO4/c18-14-12-3-1-2-4-13(12)15(19)17(14)9-10-5-7-11(8-6-10)16(20)21/h1-2,10-13H,3-9H2,(H,20,21). The summed E-state index contributed by atoms with van der Waals surface area (Å²) in [4.78, 5) is 37.2. The Labute approximate surface area is 124 Å². The van der Waals surface area contributed by atoms with Crippen molar-refractivity contribution in [2.75, 3.05) is 6.54 Å². The molecule has 2 unspecified atom stereocenters. The van der Waals surface area contributed by atoms with Crippen molar-refractivity contribution in [2.24, 2.45) is 23.7 Å². The number of amides is 2. The van der Waals surface area contributed by atoms with Gasteiger partial charge in [-0.3, -0.25) is 19.3 Å². The summed E-state index contributed by atoms with van der Waals surface area (Å²) in [6, 6.07) is 0. The summed E-state index contributed by atoms with van der Waals surface area (Å²) in [5, 5.41) is 9.01. The summed E-state index contributed by atoms with van der Waals surface area (Å²) in [5.74, 6) is -1.06. The topological polar surface area (TPSA) is 74.7 Å². The van der Waals surface area contributed by atoms with Crippen LogP contribution >= 0.6 is 0 Å². The van der Waals surface area contributed by atoms with Crippen LogP contribution in [0.3, 0.4) is 0 Å². The molecule has 21 heavy (non-hydrogen) atoms. The normalized spacial score (nSPS) is 35.9. The molecule has 0 aromatic heterocycles. The van der Waals surface area contributed by atoms with E-state index in [0.29, 0.717) is 32.2 Å². The highest BCUT2D eigenvalue weighted by Crippen LogP contribution is 2.37. The Morgan fingerprint density at radius 3 is 2.05 bits per heavy atom. The molecule has 0 aromatic carbocycles. The number of hydrogen-bond donors (Lipinski definition) is 1. The van der Waals surface area contributed by atoms with E-state index in [1.807, 2.05) is 12.2 Å². The monoisotopic (exact) mass is 291 g/mol. The molecule has 1 saturated heterocycles. The third kappa shape index (κ3) is 2.61. The SMILES string of the molecule is O=C(O)C1CCC(CN2C(=O)C3CC=CCC3C2=O)CC1. The molecule has 114 valence electrons. The van der Waals surface area contributed by atoms with Crippen LogP contribution in [0.15, 0.2) is 12.2 Å². The fourth-order valence-corrected chi connectivity index (χ4v) is 3.90. The average Bonchev–Trinajstić information content (AvgIpc) is 2.73. The number of carboxylic acid groups (broad SMARTS) is 1. The van der Waals surface area contributed by atoms with Crippen LogP contribution in [-0.4, -0.2) is 34.3 Å². The maximum Gasteiger partial charge on any atom is 0.306 e.